The summed E-state index contributed by atoms with van der Waals surface area (Å²) in [5.74, 6) is 0.0332. The van der Waals surface area contributed by atoms with Gasteiger partial charge in [-0.2, -0.15) is 0 Å². The molecule has 2 rings (SSSR count). The third-order valence-electron chi connectivity index (χ3n) is 3.23. The number of fused-ring (bicyclic) bond motifs is 1. The molecular weight excluding hydrogens is 272 g/mol. The number of nitrogens with one attached hydrogen (secondary N) is 1. The van der Waals surface area contributed by atoms with Crippen LogP contribution < -0.4 is 16.6 Å². The van der Waals surface area contributed by atoms with Crippen LogP contribution >= 0.6 is 0 Å². The van der Waals surface area contributed by atoms with Crippen LogP contribution in [0.25, 0.3) is 11.1 Å². The summed E-state index contributed by atoms with van der Waals surface area (Å²) in [5.41, 5.74) is 5.63. The first-order valence-corrected chi connectivity index (χ1v) is 6.72. The monoisotopic (exact) mass is 292 g/mol. The third kappa shape index (κ3) is 3.13. The van der Waals surface area contributed by atoms with Crippen LogP contribution in [0.3, 0.4) is 0 Å². The number of rotatable bonds is 4. The first-order chi connectivity index (χ1) is 9.70. The topological polar surface area (TPSA) is 103 Å². The SMILES string of the molecule is Cc1oc2ncn(C)c(=O)c2c1C(=O)NCCC(C)(C)N. The summed E-state index contributed by atoms with van der Waals surface area (Å²) < 4.78 is 6.71. The molecule has 0 saturated heterocycles. The Morgan fingerprint density at radius 3 is 2.81 bits per heavy atom. The standard InChI is InChI=1S/C14H20N4O3/c1-8-9(11(19)16-6-5-14(2,3)15)10-12(21-8)17-7-18(4)13(10)20/h7H,5-6,15H2,1-4H3,(H,16,19). The fraction of sp³-hybridized carbons (Fsp3) is 0.500. The van der Waals surface area contributed by atoms with Gasteiger partial charge in [-0.3, -0.25) is 9.59 Å². The van der Waals surface area contributed by atoms with Gasteiger partial charge in [-0.15, -0.1) is 0 Å². The summed E-state index contributed by atoms with van der Waals surface area (Å²) in [6.07, 6.45) is 2.00. The zero-order chi connectivity index (χ0) is 15.8. The van der Waals surface area contributed by atoms with Crippen LogP contribution in [0, 0.1) is 6.92 Å². The van der Waals surface area contributed by atoms with Gasteiger partial charge in [0.25, 0.3) is 11.5 Å². The van der Waals surface area contributed by atoms with Gasteiger partial charge in [0.05, 0.1) is 5.56 Å². The highest BCUT2D eigenvalue weighted by Gasteiger charge is 2.22. The average molecular weight is 292 g/mol. The van der Waals surface area contributed by atoms with Crippen LogP contribution in [0.1, 0.15) is 36.4 Å². The molecule has 21 heavy (non-hydrogen) atoms. The Balaban J connectivity index is 2.33. The van der Waals surface area contributed by atoms with Crippen molar-refractivity contribution in [3.05, 3.63) is 28.0 Å². The van der Waals surface area contributed by atoms with Crippen LogP contribution in [-0.4, -0.2) is 27.5 Å². The minimum absolute atomic E-state index is 0.180. The van der Waals surface area contributed by atoms with E-state index in [-0.39, 0.29) is 33.7 Å². The number of aromatic nitrogens is 2. The number of nitrogens with zero attached hydrogens (tertiary/aromatic N) is 2. The van der Waals surface area contributed by atoms with Crippen LogP contribution in [0.5, 0.6) is 0 Å². The largest absolute Gasteiger partial charge is 0.442 e. The number of aryl methyl sites for hydroxylation is 2. The number of furan rings is 1. The Bertz CT molecular complexity index is 737. The second-order valence-corrected chi connectivity index (χ2v) is 5.87. The molecular formula is C14H20N4O3. The molecule has 0 unspecified atom stereocenters. The summed E-state index contributed by atoms with van der Waals surface area (Å²) in [4.78, 5) is 28.5. The lowest BCUT2D eigenvalue weighted by molar-refractivity contribution is 0.0951. The highest BCUT2D eigenvalue weighted by molar-refractivity contribution is 6.06. The molecule has 3 N–H and O–H groups in total. The lowest BCUT2D eigenvalue weighted by atomic mass is 10.0. The Kier molecular flexibility index (Phi) is 3.87. The van der Waals surface area contributed by atoms with Crippen molar-refractivity contribution in [2.75, 3.05) is 6.54 Å². The Morgan fingerprint density at radius 2 is 2.19 bits per heavy atom. The van der Waals surface area contributed by atoms with Crippen LogP contribution in [0.2, 0.25) is 0 Å². The maximum atomic E-state index is 12.3. The van der Waals surface area contributed by atoms with Gasteiger partial charge in [0.2, 0.25) is 5.71 Å². The maximum Gasteiger partial charge on any atom is 0.265 e. The van der Waals surface area contributed by atoms with E-state index in [1.807, 2.05) is 13.8 Å². The summed E-state index contributed by atoms with van der Waals surface area (Å²) in [6.45, 7) is 5.84. The number of hydrogen-bond donors (Lipinski definition) is 2. The van der Waals surface area contributed by atoms with E-state index in [0.29, 0.717) is 18.7 Å². The van der Waals surface area contributed by atoms with Gasteiger partial charge in [0.15, 0.2) is 0 Å². The van der Waals surface area contributed by atoms with Crippen molar-refractivity contribution in [2.24, 2.45) is 12.8 Å². The van der Waals surface area contributed by atoms with Gasteiger partial charge in [-0.1, -0.05) is 0 Å². The quantitative estimate of drug-likeness (QED) is 0.863. The minimum atomic E-state index is -0.363. The van der Waals surface area contributed by atoms with Gasteiger partial charge in [-0.05, 0) is 27.2 Å². The van der Waals surface area contributed by atoms with Crippen molar-refractivity contribution in [1.29, 1.82) is 0 Å². The zero-order valence-electron chi connectivity index (χ0n) is 12.7. The number of carbonyl (C=O) groups excluding carboxylic acids is 1. The third-order valence-corrected chi connectivity index (χ3v) is 3.23. The van der Waals surface area contributed by atoms with Crippen molar-refractivity contribution in [1.82, 2.24) is 14.9 Å². The molecule has 114 valence electrons. The molecule has 0 bridgehead atoms. The van der Waals surface area contributed by atoms with E-state index < -0.39 is 0 Å². The normalized spacial score (nSPS) is 11.9. The van der Waals surface area contributed by atoms with Crippen molar-refractivity contribution < 1.29 is 9.21 Å². The molecule has 0 spiro atoms. The van der Waals surface area contributed by atoms with Crippen LogP contribution in [0.4, 0.5) is 0 Å². The lowest BCUT2D eigenvalue weighted by Crippen LogP contribution is -2.37. The van der Waals surface area contributed by atoms with Crippen molar-refractivity contribution in [3.63, 3.8) is 0 Å². The molecule has 0 radical (unpaired) electrons. The number of hydrogen-bond acceptors (Lipinski definition) is 5. The van der Waals surface area contributed by atoms with E-state index in [9.17, 15) is 9.59 Å². The molecule has 2 heterocycles. The van der Waals surface area contributed by atoms with Gasteiger partial charge in [-0.25, -0.2) is 4.98 Å². The summed E-state index contributed by atoms with van der Waals surface area (Å²) in [7, 11) is 1.58. The summed E-state index contributed by atoms with van der Waals surface area (Å²) >= 11 is 0. The number of nitrogens with two attached hydrogens (primary N) is 1. The summed E-state index contributed by atoms with van der Waals surface area (Å²) in [5, 5.41) is 2.98. The second kappa shape index (κ2) is 5.33. The van der Waals surface area contributed by atoms with E-state index in [1.54, 1.807) is 14.0 Å². The smallest absolute Gasteiger partial charge is 0.265 e. The first-order valence-electron chi connectivity index (χ1n) is 6.72. The second-order valence-electron chi connectivity index (χ2n) is 5.87. The van der Waals surface area contributed by atoms with E-state index in [1.165, 1.54) is 10.9 Å². The number of amides is 1. The molecule has 0 aromatic carbocycles. The van der Waals surface area contributed by atoms with E-state index in [2.05, 4.69) is 10.3 Å². The van der Waals surface area contributed by atoms with Crippen LogP contribution in [0.15, 0.2) is 15.5 Å². The first kappa shape index (κ1) is 15.2. The molecule has 0 aliphatic carbocycles. The fourth-order valence-corrected chi connectivity index (χ4v) is 2.05. The molecule has 7 heteroatoms. The lowest BCUT2D eigenvalue weighted by Gasteiger charge is -2.18. The summed E-state index contributed by atoms with van der Waals surface area (Å²) in [6, 6.07) is 0. The van der Waals surface area contributed by atoms with Gasteiger partial charge >= 0.3 is 0 Å². The highest BCUT2D eigenvalue weighted by atomic mass is 16.3. The van der Waals surface area contributed by atoms with Crippen molar-refractivity contribution in [3.8, 4) is 0 Å². The van der Waals surface area contributed by atoms with E-state index in [4.69, 9.17) is 10.2 Å². The van der Waals surface area contributed by atoms with Crippen molar-refractivity contribution in [2.45, 2.75) is 32.7 Å². The molecule has 2 aromatic rings. The molecule has 0 atom stereocenters. The van der Waals surface area contributed by atoms with E-state index >= 15 is 0 Å². The molecule has 2 aromatic heterocycles. The molecule has 0 fully saturated rings. The molecule has 0 aliphatic rings. The minimum Gasteiger partial charge on any atom is -0.442 e. The van der Waals surface area contributed by atoms with Gasteiger partial charge in [0, 0.05) is 19.1 Å². The number of carbonyl (C=O) groups is 1. The highest BCUT2D eigenvalue weighted by Crippen LogP contribution is 2.20. The van der Waals surface area contributed by atoms with Crippen LogP contribution in [-0.2, 0) is 7.05 Å². The van der Waals surface area contributed by atoms with Crippen molar-refractivity contribution >= 4 is 17.0 Å². The molecule has 0 saturated carbocycles. The predicted molar refractivity (Wildman–Crippen MR) is 79.2 cm³/mol. The average Bonchev–Trinajstić information content (AvgIpc) is 2.69. The zero-order valence-corrected chi connectivity index (χ0v) is 12.7. The van der Waals surface area contributed by atoms with E-state index in [0.717, 1.165) is 0 Å². The fourth-order valence-electron chi connectivity index (χ4n) is 2.05. The van der Waals surface area contributed by atoms with Gasteiger partial charge < -0.3 is 20.0 Å². The Hall–Kier alpha value is -2.15. The molecule has 7 nitrogen and oxygen atoms in total. The Labute approximate surface area is 122 Å². The molecule has 0 aliphatic heterocycles. The predicted octanol–water partition coefficient (Wildman–Crippen LogP) is 0.692. The Morgan fingerprint density at radius 1 is 1.52 bits per heavy atom. The van der Waals surface area contributed by atoms with Gasteiger partial charge in [0.1, 0.15) is 17.5 Å². The molecule has 1 amide bonds. The maximum absolute atomic E-state index is 12.3.